The molecule has 2 aliphatic carbocycles. The lowest BCUT2D eigenvalue weighted by molar-refractivity contribution is 0.0976. The maximum Gasteiger partial charge on any atom is 0.284 e. The van der Waals surface area contributed by atoms with Gasteiger partial charge in [0.2, 0.25) is 11.6 Å². The summed E-state index contributed by atoms with van der Waals surface area (Å²) < 4.78 is 10.2. The van der Waals surface area contributed by atoms with Crippen molar-refractivity contribution in [1.29, 1.82) is 0 Å². The van der Waals surface area contributed by atoms with Crippen molar-refractivity contribution < 1.29 is 38.2 Å². The van der Waals surface area contributed by atoms with Gasteiger partial charge in [0, 0.05) is 36.6 Å². The summed E-state index contributed by atoms with van der Waals surface area (Å²) in [5.41, 5.74) is 1.19. The molecule has 0 saturated carbocycles. The van der Waals surface area contributed by atoms with Crippen LogP contribution in [0.25, 0.3) is 0 Å². The van der Waals surface area contributed by atoms with Crippen LogP contribution in [-0.2, 0) is 0 Å². The molecule has 2 aliphatic rings. The Kier molecular flexibility index (Phi) is 11.7. The molecule has 15 nitrogen and oxygen atoms in total. The van der Waals surface area contributed by atoms with Crippen molar-refractivity contribution in [3.05, 3.63) is 103 Å². The molecule has 6 rings (SSSR count). The third-order valence-electron chi connectivity index (χ3n) is 8.32. The molecule has 278 valence electrons. The van der Waals surface area contributed by atoms with Crippen molar-refractivity contribution in [2.24, 2.45) is 0 Å². The Morgan fingerprint density at radius 3 is 1.41 bits per heavy atom. The number of nitrogens with zero attached hydrogens (tertiary/aromatic N) is 3. The van der Waals surface area contributed by atoms with E-state index in [1.807, 2.05) is 7.05 Å². The van der Waals surface area contributed by atoms with Crippen LogP contribution in [0.3, 0.4) is 0 Å². The van der Waals surface area contributed by atoms with E-state index in [-0.39, 0.29) is 42.6 Å². The number of Topliss-reactive ketones (excluding diaryl/α,β-unsaturated/α-hetero) is 2. The number of carbonyl (C=O) groups excluding carboxylic acids is 6. The summed E-state index contributed by atoms with van der Waals surface area (Å²) in [6.45, 7) is 2.17. The Bertz CT molecular complexity index is 2040. The summed E-state index contributed by atoms with van der Waals surface area (Å²) in [6.07, 6.45) is 3.78. The van der Waals surface area contributed by atoms with Gasteiger partial charge in [-0.15, -0.1) is 22.7 Å². The molecule has 0 atom stereocenters. The van der Waals surface area contributed by atoms with E-state index in [9.17, 15) is 28.8 Å². The minimum absolute atomic E-state index is 0.00627. The fourth-order valence-corrected chi connectivity index (χ4v) is 7.23. The largest absolute Gasteiger partial charge is 0.497 e. The first kappa shape index (κ1) is 37.7. The van der Waals surface area contributed by atoms with Crippen LogP contribution in [0.5, 0.6) is 11.5 Å². The van der Waals surface area contributed by atoms with Crippen LogP contribution in [-0.4, -0.2) is 97.3 Å². The number of ketones is 4. The normalized spacial score (nSPS) is 13.5. The molecule has 0 spiro atoms. The number of anilines is 2. The maximum atomic E-state index is 13.1. The van der Waals surface area contributed by atoms with Gasteiger partial charge in [0.05, 0.1) is 25.6 Å². The lowest BCUT2D eigenvalue weighted by Gasteiger charge is -2.18. The molecule has 2 amide bonds. The topological polar surface area (TPSA) is 198 Å². The number of carbonyl (C=O) groups is 6. The number of amides is 2. The average molecular weight is 770 g/mol. The first-order valence-electron chi connectivity index (χ1n) is 16.7. The van der Waals surface area contributed by atoms with Crippen molar-refractivity contribution >= 4 is 69.0 Å². The van der Waals surface area contributed by atoms with Gasteiger partial charge in [0.25, 0.3) is 11.8 Å². The molecule has 0 fully saturated rings. The van der Waals surface area contributed by atoms with Gasteiger partial charge in [-0.25, -0.2) is 9.97 Å². The number of rotatable bonds is 16. The highest BCUT2D eigenvalue weighted by molar-refractivity contribution is 7.16. The molecule has 2 heterocycles. The Morgan fingerprint density at radius 2 is 1.04 bits per heavy atom. The zero-order valence-corrected chi connectivity index (χ0v) is 31.1. The third-order valence-corrected chi connectivity index (χ3v) is 10.5. The zero-order valence-electron chi connectivity index (χ0n) is 29.4. The lowest BCUT2D eigenvalue weighted by atomic mass is 10.0. The van der Waals surface area contributed by atoms with Gasteiger partial charge >= 0.3 is 0 Å². The minimum Gasteiger partial charge on any atom is -0.497 e. The second-order valence-electron chi connectivity index (χ2n) is 12.1. The van der Waals surface area contributed by atoms with E-state index in [1.54, 1.807) is 48.5 Å². The number of methoxy groups -OCH3 is 2. The van der Waals surface area contributed by atoms with E-state index in [1.165, 1.54) is 26.4 Å². The van der Waals surface area contributed by atoms with Gasteiger partial charge in [-0.3, -0.25) is 28.8 Å². The number of hydrogen-bond donors (Lipinski definition) is 4. The molecule has 54 heavy (non-hydrogen) atoms. The first-order valence-corrected chi connectivity index (χ1v) is 18.4. The van der Waals surface area contributed by atoms with Gasteiger partial charge in [0.1, 0.15) is 32.6 Å². The summed E-state index contributed by atoms with van der Waals surface area (Å²) in [5.74, 6) is -1.49. The fourth-order valence-electron chi connectivity index (χ4n) is 5.49. The molecule has 2 aromatic heterocycles. The van der Waals surface area contributed by atoms with Gasteiger partial charge in [-0.2, -0.15) is 0 Å². The third kappa shape index (κ3) is 8.60. The van der Waals surface area contributed by atoms with Crippen LogP contribution in [0.4, 0.5) is 11.4 Å². The Balaban J connectivity index is 0.911. The molecule has 0 radical (unpaired) electrons. The van der Waals surface area contributed by atoms with Gasteiger partial charge in [-0.1, -0.05) is 0 Å². The van der Waals surface area contributed by atoms with Crippen LogP contribution >= 0.6 is 22.7 Å². The van der Waals surface area contributed by atoms with E-state index in [0.717, 1.165) is 22.7 Å². The predicted molar refractivity (Wildman–Crippen MR) is 202 cm³/mol. The second kappa shape index (κ2) is 16.7. The Hall–Kier alpha value is -6.04. The highest BCUT2D eigenvalue weighted by atomic mass is 32.1. The van der Waals surface area contributed by atoms with Crippen LogP contribution in [0.2, 0.25) is 0 Å². The second-order valence-corrected chi connectivity index (χ2v) is 14.1. The SMILES string of the molecule is COc1ccc(NC(=O)c2nc3c(s2)C(=O)C=C(NCCCN(C)CCCNC2=CC(=O)c4sc(C(=O)Nc5ccc(OC)cc5)nc4C2=O)C3=O)cc1. The summed E-state index contributed by atoms with van der Waals surface area (Å²) in [4.78, 5) is 88.1. The van der Waals surface area contributed by atoms with Gasteiger partial charge in [-0.05, 0) is 81.5 Å². The number of fused-ring (bicyclic) bond motifs is 2. The van der Waals surface area contributed by atoms with Crippen molar-refractivity contribution in [2.45, 2.75) is 12.8 Å². The molecule has 0 bridgehead atoms. The summed E-state index contributed by atoms with van der Waals surface area (Å²) >= 11 is 1.75. The molecule has 0 saturated heterocycles. The molecule has 4 N–H and O–H groups in total. The van der Waals surface area contributed by atoms with E-state index >= 15 is 0 Å². The molecule has 17 heteroatoms. The van der Waals surface area contributed by atoms with Crippen molar-refractivity contribution in [2.75, 3.05) is 58.1 Å². The van der Waals surface area contributed by atoms with E-state index in [4.69, 9.17) is 9.47 Å². The van der Waals surface area contributed by atoms with Crippen LogP contribution in [0, 0.1) is 0 Å². The van der Waals surface area contributed by atoms with Gasteiger partial charge < -0.3 is 35.6 Å². The highest BCUT2D eigenvalue weighted by Gasteiger charge is 2.33. The van der Waals surface area contributed by atoms with Crippen LogP contribution in [0.15, 0.2) is 72.1 Å². The number of thiazole rings is 2. The Morgan fingerprint density at radius 1 is 0.648 bits per heavy atom. The summed E-state index contributed by atoms with van der Waals surface area (Å²) in [5, 5.41) is 11.5. The van der Waals surface area contributed by atoms with Gasteiger partial charge in [0.15, 0.2) is 21.6 Å². The summed E-state index contributed by atoms with van der Waals surface area (Å²) in [7, 11) is 5.01. The quantitative estimate of drug-likeness (QED) is 0.118. The maximum absolute atomic E-state index is 13.1. The molecular weight excluding hydrogens is 735 g/mol. The average Bonchev–Trinajstić information content (AvgIpc) is 3.84. The lowest BCUT2D eigenvalue weighted by Crippen LogP contribution is -2.31. The van der Waals surface area contributed by atoms with E-state index in [0.29, 0.717) is 61.9 Å². The van der Waals surface area contributed by atoms with Crippen LogP contribution < -0.4 is 30.7 Å². The standard InChI is InChI=1S/C37H35N7O8S2/c1-44(16-4-14-38-24-18-26(45)32-28(30(24)47)42-36(53-32)34(49)40-20-6-10-22(51-2)11-7-20)17-5-15-39-25-19-27(46)33-29(31(25)48)43-37(54-33)35(50)41-21-8-12-23(52-3)13-9-21/h6-13,18-19,38-39H,4-5,14-17H2,1-3H3,(H,40,49)(H,41,50). The highest BCUT2D eigenvalue weighted by Crippen LogP contribution is 2.28. The fraction of sp³-hybridized carbons (Fsp3) is 0.243. The molecule has 0 unspecified atom stereocenters. The number of ether oxygens (including phenoxy) is 2. The first-order chi connectivity index (χ1) is 26.0. The zero-order chi connectivity index (χ0) is 38.4. The van der Waals surface area contributed by atoms with Crippen LogP contribution in [0.1, 0.15) is 72.8 Å². The number of nitrogens with one attached hydrogen (secondary N) is 4. The monoisotopic (exact) mass is 769 g/mol. The Labute approximate surface area is 317 Å². The molecule has 4 aromatic rings. The number of allylic oxidation sites excluding steroid dienone is 4. The van der Waals surface area contributed by atoms with Crippen molar-refractivity contribution in [3.8, 4) is 11.5 Å². The van der Waals surface area contributed by atoms with Crippen molar-refractivity contribution in [3.63, 3.8) is 0 Å². The number of benzene rings is 2. The van der Waals surface area contributed by atoms with Crippen molar-refractivity contribution in [1.82, 2.24) is 25.5 Å². The van der Waals surface area contributed by atoms with E-state index in [2.05, 4.69) is 36.1 Å². The smallest absolute Gasteiger partial charge is 0.284 e. The summed E-state index contributed by atoms with van der Waals surface area (Å²) in [6, 6.07) is 13.5. The number of hydrogen-bond acceptors (Lipinski definition) is 15. The molecule has 2 aromatic carbocycles. The number of aromatic nitrogens is 2. The predicted octanol–water partition coefficient (Wildman–Crippen LogP) is 4.24. The molecule has 0 aliphatic heterocycles. The van der Waals surface area contributed by atoms with E-state index < -0.39 is 34.9 Å². The molecular formula is C37H35N7O8S2. The minimum atomic E-state index is -0.529.